The third-order valence-electron chi connectivity index (χ3n) is 8.57. The fraction of sp³-hybridized carbons (Fsp3) is 0.303. The fourth-order valence-corrected chi connectivity index (χ4v) is 6.13. The Balaban J connectivity index is 1.29. The lowest BCUT2D eigenvalue weighted by Gasteiger charge is -2.38. The van der Waals surface area contributed by atoms with Gasteiger partial charge in [0.1, 0.15) is 17.8 Å². The standard InChI is InChI=1S/C33H34N4O4/c1-4-19(2)28(32(39)34-18-20-13-15-21(41-3)16-14-20)36-31(38)27-17-25-22-9-7-8-12-26(22)35-29(25)30-23-10-5-6-11-24(23)33(40)37(27)30/h5-16,19,27-28,30,35H,4,17-18H2,1-3H3,(H,34,39)(H,36,38)/t19?,27-,28-,30?/m0/s1. The van der Waals surface area contributed by atoms with Crippen LogP contribution < -0.4 is 15.4 Å². The molecule has 2 unspecified atom stereocenters. The van der Waals surface area contributed by atoms with E-state index in [2.05, 4.69) is 15.6 Å². The van der Waals surface area contributed by atoms with E-state index in [-0.39, 0.29) is 23.6 Å². The van der Waals surface area contributed by atoms with Crippen LogP contribution in [0.2, 0.25) is 0 Å². The Morgan fingerprint density at radius 2 is 1.78 bits per heavy atom. The number of carbonyl (C=O) groups is 3. The minimum Gasteiger partial charge on any atom is -0.497 e. The number of methoxy groups -OCH3 is 1. The molecule has 0 saturated carbocycles. The van der Waals surface area contributed by atoms with Gasteiger partial charge in [0.15, 0.2) is 0 Å². The van der Waals surface area contributed by atoms with Gasteiger partial charge < -0.3 is 25.3 Å². The number of nitrogens with one attached hydrogen (secondary N) is 3. The highest BCUT2D eigenvalue weighted by Crippen LogP contribution is 2.46. The minimum absolute atomic E-state index is 0.107. The van der Waals surface area contributed by atoms with E-state index in [1.54, 1.807) is 12.0 Å². The van der Waals surface area contributed by atoms with Crippen LogP contribution in [0.15, 0.2) is 72.8 Å². The Morgan fingerprint density at radius 3 is 2.54 bits per heavy atom. The van der Waals surface area contributed by atoms with Crippen LogP contribution in [-0.4, -0.2) is 46.8 Å². The van der Waals surface area contributed by atoms with E-state index in [4.69, 9.17) is 4.74 Å². The van der Waals surface area contributed by atoms with E-state index in [0.29, 0.717) is 24.9 Å². The van der Waals surface area contributed by atoms with Gasteiger partial charge in [0.2, 0.25) is 11.8 Å². The van der Waals surface area contributed by atoms with Gasteiger partial charge in [0.05, 0.1) is 13.2 Å². The van der Waals surface area contributed by atoms with Gasteiger partial charge in [-0.05, 0) is 46.9 Å². The molecule has 3 heterocycles. The maximum atomic E-state index is 14.1. The van der Waals surface area contributed by atoms with Crippen LogP contribution in [0.4, 0.5) is 0 Å². The predicted octanol–water partition coefficient (Wildman–Crippen LogP) is 4.49. The van der Waals surface area contributed by atoms with Gasteiger partial charge in [-0.1, -0.05) is 68.8 Å². The van der Waals surface area contributed by atoms with Crippen molar-refractivity contribution < 1.29 is 19.1 Å². The van der Waals surface area contributed by atoms with Crippen LogP contribution >= 0.6 is 0 Å². The Labute approximate surface area is 239 Å². The third kappa shape index (κ3) is 4.63. The number of aromatic amines is 1. The topological polar surface area (TPSA) is 104 Å². The molecule has 3 N–H and O–H groups in total. The van der Waals surface area contributed by atoms with Crippen molar-refractivity contribution in [2.24, 2.45) is 5.92 Å². The normalized spacial score (nSPS) is 18.7. The van der Waals surface area contributed by atoms with Crippen LogP contribution in [0.25, 0.3) is 10.9 Å². The Bertz CT molecular complexity index is 1630. The minimum atomic E-state index is -0.757. The highest BCUT2D eigenvalue weighted by molar-refractivity contribution is 6.04. The van der Waals surface area contributed by atoms with E-state index in [1.165, 1.54) is 0 Å². The van der Waals surface area contributed by atoms with Gasteiger partial charge in [-0.15, -0.1) is 0 Å². The molecule has 0 aliphatic carbocycles. The summed E-state index contributed by atoms with van der Waals surface area (Å²) in [5, 5.41) is 7.08. The van der Waals surface area contributed by atoms with Gasteiger partial charge in [-0.2, -0.15) is 0 Å². The molecule has 41 heavy (non-hydrogen) atoms. The molecule has 4 aromatic rings. The van der Waals surface area contributed by atoms with Crippen molar-refractivity contribution in [2.75, 3.05) is 7.11 Å². The molecule has 4 atom stereocenters. The first kappa shape index (κ1) is 26.6. The number of para-hydroxylation sites is 1. The van der Waals surface area contributed by atoms with Gasteiger partial charge >= 0.3 is 0 Å². The third-order valence-corrected chi connectivity index (χ3v) is 8.57. The van der Waals surface area contributed by atoms with Crippen molar-refractivity contribution in [1.29, 1.82) is 0 Å². The summed E-state index contributed by atoms with van der Waals surface area (Å²) in [6.07, 6.45) is 1.07. The van der Waals surface area contributed by atoms with Crippen molar-refractivity contribution in [3.63, 3.8) is 0 Å². The number of ether oxygens (including phenoxy) is 1. The molecule has 0 fully saturated rings. The first-order chi connectivity index (χ1) is 19.9. The van der Waals surface area contributed by atoms with Crippen molar-refractivity contribution in [3.05, 3.63) is 101 Å². The largest absolute Gasteiger partial charge is 0.497 e. The molecule has 2 aliphatic heterocycles. The molecular weight excluding hydrogens is 516 g/mol. The number of amides is 3. The summed E-state index contributed by atoms with van der Waals surface area (Å²) in [6.45, 7) is 4.28. The zero-order valence-corrected chi connectivity index (χ0v) is 23.4. The second-order valence-corrected chi connectivity index (χ2v) is 10.9. The molecule has 0 spiro atoms. The molecule has 0 radical (unpaired) electrons. The summed E-state index contributed by atoms with van der Waals surface area (Å²) >= 11 is 0. The van der Waals surface area contributed by atoms with Crippen molar-refractivity contribution in [3.8, 4) is 5.75 Å². The summed E-state index contributed by atoms with van der Waals surface area (Å²) in [5.41, 5.74) is 5.39. The number of rotatable bonds is 8. The van der Waals surface area contributed by atoms with E-state index in [1.807, 2.05) is 86.6 Å². The molecule has 3 amide bonds. The Kier molecular flexibility index (Phi) is 6.99. The summed E-state index contributed by atoms with van der Waals surface area (Å²) in [5.74, 6) is -0.104. The monoisotopic (exact) mass is 550 g/mol. The number of carbonyl (C=O) groups excluding carboxylic acids is 3. The number of hydrogen-bond acceptors (Lipinski definition) is 4. The first-order valence-electron chi connectivity index (χ1n) is 14.1. The molecule has 2 aliphatic rings. The van der Waals surface area contributed by atoms with E-state index < -0.39 is 18.1 Å². The Hall–Kier alpha value is -4.59. The van der Waals surface area contributed by atoms with Crippen LogP contribution in [0.1, 0.15) is 59.1 Å². The SMILES string of the molecule is CCC(C)[C@H](NC(=O)[C@@H]1Cc2c([nH]c3ccccc23)C2c3ccccc3C(=O)N21)C(=O)NCc1ccc(OC)cc1. The lowest BCUT2D eigenvalue weighted by molar-refractivity contribution is -0.133. The van der Waals surface area contributed by atoms with E-state index >= 15 is 0 Å². The first-order valence-corrected chi connectivity index (χ1v) is 14.1. The summed E-state index contributed by atoms with van der Waals surface area (Å²) in [7, 11) is 1.61. The van der Waals surface area contributed by atoms with Crippen molar-refractivity contribution in [1.82, 2.24) is 20.5 Å². The number of H-pyrrole nitrogens is 1. The zero-order chi connectivity index (χ0) is 28.7. The van der Waals surface area contributed by atoms with Crippen molar-refractivity contribution >= 4 is 28.6 Å². The second-order valence-electron chi connectivity index (χ2n) is 10.9. The average Bonchev–Trinajstić information content (AvgIpc) is 3.53. The molecule has 8 nitrogen and oxygen atoms in total. The highest BCUT2D eigenvalue weighted by Gasteiger charge is 2.49. The molecular formula is C33H34N4O4. The van der Waals surface area contributed by atoms with Crippen LogP contribution in [0.5, 0.6) is 5.75 Å². The number of hydrogen-bond donors (Lipinski definition) is 3. The predicted molar refractivity (Wildman–Crippen MR) is 156 cm³/mol. The Morgan fingerprint density at radius 1 is 1.05 bits per heavy atom. The average molecular weight is 551 g/mol. The van der Waals surface area contributed by atoms with Gasteiger partial charge in [0.25, 0.3) is 5.91 Å². The van der Waals surface area contributed by atoms with Gasteiger partial charge in [-0.25, -0.2) is 0 Å². The maximum absolute atomic E-state index is 14.1. The number of nitrogens with zero attached hydrogens (tertiary/aromatic N) is 1. The number of aromatic nitrogens is 1. The van der Waals surface area contributed by atoms with Gasteiger partial charge in [-0.3, -0.25) is 14.4 Å². The quantitative estimate of drug-likeness (QED) is 0.301. The molecule has 0 bridgehead atoms. The highest BCUT2D eigenvalue weighted by atomic mass is 16.5. The van der Waals surface area contributed by atoms with E-state index in [0.717, 1.165) is 39.0 Å². The number of fused-ring (bicyclic) bond motifs is 7. The molecule has 6 rings (SSSR count). The van der Waals surface area contributed by atoms with E-state index in [9.17, 15) is 14.4 Å². The molecule has 1 aromatic heterocycles. The maximum Gasteiger partial charge on any atom is 0.255 e. The lowest BCUT2D eigenvalue weighted by atomic mass is 9.89. The van der Waals surface area contributed by atoms with Crippen LogP contribution in [0, 0.1) is 5.92 Å². The summed E-state index contributed by atoms with van der Waals surface area (Å²) < 4.78 is 5.21. The number of benzene rings is 3. The molecule has 3 aromatic carbocycles. The fourth-order valence-electron chi connectivity index (χ4n) is 6.13. The molecule has 0 saturated heterocycles. The lowest BCUT2D eigenvalue weighted by Crippen LogP contribution is -2.58. The smallest absolute Gasteiger partial charge is 0.255 e. The van der Waals surface area contributed by atoms with Crippen LogP contribution in [-0.2, 0) is 22.6 Å². The summed E-state index contributed by atoms with van der Waals surface area (Å²) in [6, 6.07) is 21.2. The summed E-state index contributed by atoms with van der Waals surface area (Å²) in [4.78, 5) is 46.5. The van der Waals surface area contributed by atoms with Gasteiger partial charge in [0, 0.05) is 35.1 Å². The van der Waals surface area contributed by atoms with Crippen LogP contribution in [0.3, 0.4) is 0 Å². The second kappa shape index (κ2) is 10.8. The molecule has 8 heteroatoms. The zero-order valence-electron chi connectivity index (χ0n) is 23.4. The van der Waals surface area contributed by atoms with Crippen molar-refractivity contribution in [2.45, 2.75) is 51.4 Å². The molecule has 210 valence electrons.